The van der Waals surface area contributed by atoms with Crippen LogP contribution >= 0.6 is 11.6 Å². The molecule has 1 aliphatic rings. The summed E-state index contributed by atoms with van der Waals surface area (Å²) in [6, 6.07) is 9.68. The van der Waals surface area contributed by atoms with Crippen molar-refractivity contribution < 1.29 is 9.18 Å². The maximum Gasteiger partial charge on any atom is 0.262 e. The van der Waals surface area contributed by atoms with Gasteiger partial charge in [0.25, 0.3) is 5.56 Å². The third kappa shape index (κ3) is 6.83. The van der Waals surface area contributed by atoms with Crippen molar-refractivity contribution in [3.63, 3.8) is 0 Å². The molecule has 3 aromatic rings. The molecule has 2 heterocycles. The fraction of sp³-hybridized carbons (Fsp3) is 0.444. The Balaban J connectivity index is 0.00000115. The number of aromatic nitrogens is 2. The Kier molecular flexibility index (Phi) is 9.84. The normalized spacial score (nSPS) is 13.8. The molecule has 1 fully saturated rings. The van der Waals surface area contributed by atoms with E-state index in [9.17, 15) is 14.0 Å². The third-order valence-electron chi connectivity index (χ3n) is 5.57. The molecule has 1 aliphatic heterocycles. The second-order valence-electron chi connectivity index (χ2n) is 9.18. The maximum atomic E-state index is 13.8. The van der Waals surface area contributed by atoms with Crippen LogP contribution in [0.25, 0.3) is 22.3 Å². The lowest BCUT2D eigenvalue weighted by Crippen LogP contribution is -2.37. The van der Waals surface area contributed by atoms with Gasteiger partial charge >= 0.3 is 0 Å². The van der Waals surface area contributed by atoms with E-state index in [2.05, 4.69) is 34.4 Å². The number of nitrogens with one attached hydrogen (secondary N) is 2. The Bertz CT molecular complexity index is 1250. The van der Waals surface area contributed by atoms with E-state index in [4.69, 9.17) is 11.6 Å². The highest BCUT2D eigenvalue weighted by molar-refractivity contribution is 6.31. The Morgan fingerprint density at radius 2 is 1.92 bits per heavy atom. The molecular weight excluding hydrogens is 481 g/mol. The molecular formula is C27H35ClFN5O2. The molecule has 2 N–H and O–H groups in total. The molecule has 0 radical (unpaired) electrons. The zero-order valence-electron chi connectivity index (χ0n) is 21.4. The van der Waals surface area contributed by atoms with Gasteiger partial charge in [0, 0.05) is 36.9 Å². The molecule has 0 bridgehead atoms. The Labute approximate surface area is 216 Å². The summed E-state index contributed by atoms with van der Waals surface area (Å²) in [6.07, 6.45) is 2.26. The topological polar surface area (TPSA) is 79.3 Å². The van der Waals surface area contributed by atoms with Crippen molar-refractivity contribution in [1.29, 1.82) is 0 Å². The maximum absolute atomic E-state index is 13.8. The van der Waals surface area contributed by atoms with E-state index in [1.165, 1.54) is 29.2 Å². The van der Waals surface area contributed by atoms with Gasteiger partial charge in [-0.2, -0.15) is 0 Å². The minimum atomic E-state index is -0.566. The fourth-order valence-electron chi connectivity index (χ4n) is 4.02. The van der Waals surface area contributed by atoms with Crippen LogP contribution in [-0.4, -0.2) is 47.7 Å². The number of amides is 1. The van der Waals surface area contributed by atoms with Crippen LogP contribution < -0.4 is 21.1 Å². The van der Waals surface area contributed by atoms with Crippen LogP contribution in [0.3, 0.4) is 0 Å². The number of carbonyl (C=O) groups is 1. The molecule has 9 heteroatoms. The summed E-state index contributed by atoms with van der Waals surface area (Å²) in [5, 5.41) is 6.53. The first-order chi connectivity index (χ1) is 17.2. The first-order valence-corrected chi connectivity index (χ1v) is 12.9. The summed E-state index contributed by atoms with van der Waals surface area (Å²) in [5.74, 6) is -0.610. The van der Waals surface area contributed by atoms with Crippen molar-refractivity contribution in [2.45, 2.75) is 53.1 Å². The zero-order valence-corrected chi connectivity index (χ0v) is 22.2. The van der Waals surface area contributed by atoms with Gasteiger partial charge in [-0.15, -0.1) is 0 Å². The van der Waals surface area contributed by atoms with Gasteiger partial charge in [-0.25, -0.2) is 9.37 Å². The average Bonchev–Trinajstić information content (AvgIpc) is 3.12. The molecule has 0 aliphatic carbocycles. The third-order valence-corrected chi connectivity index (χ3v) is 5.86. The number of benzene rings is 2. The van der Waals surface area contributed by atoms with Crippen LogP contribution in [0.1, 0.15) is 40.5 Å². The zero-order chi connectivity index (χ0) is 26.2. The smallest absolute Gasteiger partial charge is 0.262 e. The SMILES string of the molecule is CC(C)NC(=O)Cn1c(-c2ccc(F)c(Cl)c2)nc2ccc(N3CCCNCC3)cc2c1=O.CCC. The van der Waals surface area contributed by atoms with Crippen LogP contribution in [0, 0.1) is 5.82 Å². The van der Waals surface area contributed by atoms with Crippen LogP contribution in [0.15, 0.2) is 41.2 Å². The number of halogens is 2. The van der Waals surface area contributed by atoms with Crippen LogP contribution in [0.5, 0.6) is 0 Å². The van der Waals surface area contributed by atoms with Gasteiger partial charge in [-0.3, -0.25) is 14.2 Å². The number of anilines is 1. The number of carbonyl (C=O) groups excluding carboxylic acids is 1. The van der Waals surface area contributed by atoms with E-state index in [1.807, 2.05) is 32.0 Å². The largest absolute Gasteiger partial charge is 0.370 e. The quantitative estimate of drug-likeness (QED) is 0.519. The highest BCUT2D eigenvalue weighted by atomic mass is 35.5. The molecule has 1 aromatic heterocycles. The van der Waals surface area contributed by atoms with Gasteiger partial charge in [0.05, 0.1) is 15.9 Å². The van der Waals surface area contributed by atoms with Crippen LogP contribution in [0.4, 0.5) is 10.1 Å². The lowest BCUT2D eigenvalue weighted by Gasteiger charge is -2.23. The summed E-state index contributed by atoms with van der Waals surface area (Å²) in [4.78, 5) is 33.1. The Morgan fingerprint density at radius 1 is 1.17 bits per heavy atom. The van der Waals surface area contributed by atoms with Crippen molar-refractivity contribution in [3.05, 3.63) is 57.6 Å². The predicted octanol–water partition coefficient (Wildman–Crippen LogP) is 4.60. The molecule has 7 nitrogen and oxygen atoms in total. The van der Waals surface area contributed by atoms with Crippen molar-refractivity contribution in [2.75, 3.05) is 31.1 Å². The van der Waals surface area contributed by atoms with Gasteiger partial charge in [-0.1, -0.05) is 31.9 Å². The van der Waals surface area contributed by atoms with Gasteiger partial charge in [0.15, 0.2) is 0 Å². The fourth-order valence-corrected chi connectivity index (χ4v) is 4.20. The predicted molar refractivity (Wildman–Crippen MR) is 145 cm³/mol. The molecule has 1 saturated heterocycles. The number of rotatable bonds is 5. The molecule has 0 unspecified atom stereocenters. The molecule has 2 aromatic carbocycles. The van der Waals surface area contributed by atoms with E-state index in [0.29, 0.717) is 16.5 Å². The van der Waals surface area contributed by atoms with E-state index in [1.54, 1.807) is 0 Å². The molecule has 0 atom stereocenters. The molecule has 0 spiro atoms. The molecule has 36 heavy (non-hydrogen) atoms. The van der Waals surface area contributed by atoms with Crippen molar-refractivity contribution in [3.8, 4) is 11.4 Å². The van der Waals surface area contributed by atoms with Gasteiger partial charge in [0.2, 0.25) is 5.91 Å². The van der Waals surface area contributed by atoms with Gasteiger partial charge in [-0.05, 0) is 63.2 Å². The first-order valence-electron chi connectivity index (χ1n) is 12.5. The van der Waals surface area contributed by atoms with Crippen molar-refractivity contribution in [1.82, 2.24) is 20.2 Å². The second-order valence-corrected chi connectivity index (χ2v) is 9.58. The van der Waals surface area contributed by atoms with E-state index >= 15 is 0 Å². The average molecular weight is 516 g/mol. The van der Waals surface area contributed by atoms with Crippen molar-refractivity contribution in [2.24, 2.45) is 0 Å². The van der Waals surface area contributed by atoms with Crippen LogP contribution in [-0.2, 0) is 11.3 Å². The summed E-state index contributed by atoms with van der Waals surface area (Å²) < 4.78 is 15.1. The molecule has 4 rings (SSSR count). The monoisotopic (exact) mass is 515 g/mol. The lowest BCUT2D eigenvalue weighted by molar-refractivity contribution is -0.122. The van der Waals surface area contributed by atoms with Crippen LogP contribution in [0.2, 0.25) is 5.02 Å². The molecule has 0 saturated carbocycles. The molecule has 1 amide bonds. The number of hydrogen-bond acceptors (Lipinski definition) is 5. The summed E-state index contributed by atoms with van der Waals surface area (Å²) >= 11 is 5.99. The second kappa shape index (κ2) is 12.8. The Hall–Kier alpha value is -2.97. The standard InChI is InChI=1S/C24H27ClFN5O2.C3H8/c1-15(2)28-22(32)14-31-23(16-4-6-20(26)19(25)12-16)29-21-7-5-17(13-18(21)24(31)33)30-10-3-8-27-9-11-30;1-3-2/h4-7,12-13,15,27H,3,8-11,14H2,1-2H3,(H,28,32);3H2,1-2H3. The first kappa shape index (κ1) is 27.6. The van der Waals surface area contributed by atoms with E-state index in [-0.39, 0.29) is 34.9 Å². The summed E-state index contributed by atoms with van der Waals surface area (Å²) in [5.41, 5.74) is 1.58. The highest BCUT2D eigenvalue weighted by Gasteiger charge is 2.18. The Morgan fingerprint density at radius 3 is 2.61 bits per heavy atom. The lowest BCUT2D eigenvalue weighted by atomic mass is 10.1. The summed E-state index contributed by atoms with van der Waals surface area (Å²) in [7, 11) is 0. The van der Waals surface area contributed by atoms with Gasteiger partial charge < -0.3 is 15.5 Å². The number of hydrogen-bond donors (Lipinski definition) is 2. The van der Waals surface area contributed by atoms with E-state index < -0.39 is 5.82 Å². The minimum Gasteiger partial charge on any atom is -0.370 e. The summed E-state index contributed by atoms with van der Waals surface area (Å²) in [6.45, 7) is 11.3. The minimum absolute atomic E-state index is 0.0754. The highest BCUT2D eigenvalue weighted by Crippen LogP contribution is 2.26. The van der Waals surface area contributed by atoms with E-state index in [0.717, 1.165) is 38.3 Å². The number of fused-ring (bicyclic) bond motifs is 1. The number of nitrogens with zero attached hydrogens (tertiary/aromatic N) is 3. The van der Waals surface area contributed by atoms with Crippen molar-refractivity contribution >= 4 is 34.1 Å². The van der Waals surface area contributed by atoms with Gasteiger partial charge in [0.1, 0.15) is 18.2 Å². The molecule has 194 valence electrons.